The number of aryl methyl sites for hydroxylation is 3. The van der Waals surface area contributed by atoms with Gasteiger partial charge in [-0.25, -0.2) is 27.8 Å². The molecule has 0 unspecified atom stereocenters. The lowest BCUT2D eigenvalue weighted by Crippen LogP contribution is -2.29. The van der Waals surface area contributed by atoms with Crippen LogP contribution < -0.4 is 10.0 Å². The van der Waals surface area contributed by atoms with E-state index in [1.54, 1.807) is 22.9 Å². The predicted octanol–water partition coefficient (Wildman–Crippen LogP) is 2.23. The summed E-state index contributed by atoms with van der Waals surface area (Å²) in [6.07, 6.45) is 2.32. The molecule has 0 aliphatic rings. The number of hydrogen-bond acceptors (Lipinski definition) is 6. The van der Waals surface area contributed by atoms with Gasteiger partial charge >= 0.3 is 0 Å². The number of nitrogens with one attached hydrogen (secondary N) is 2. The third-order valence-corrected chi connectivity index (χ3v) is 5.72. The van der Waals surface area contributed by atoms with Crippen LogP contribution in [0.25, 0.3) is 5.82 Å². The summed E-state index contributed by atoms with van der Waals surface area (Å²) in [5.74, 6) is 1.25. The molecule has 0 aliphatic carbocycles. The summed E-state index contributed by atoms with van der Waals surface area (Å²) in [6.45, 7) is 6.53. The third kappa shape index (κ3) is 4.73. The number of rotatable bonds is 8. The van der Waals surface area contributed by atoms with Crippen molar-refractivity contribution in [1.82, 2.24) is 24.5 Å². The Balaban J connectivity index is 1.58. The number of benzene rings is 1. The van der Waals surface area contributed by atoms with Crippen LogP contribution in [0.4, 0.5) is 5.82 Å². The largest absolute Gasteiger partial charge is 0.369 e. The molecule has 8 nitrogen and oxygen atoms in total. The minimum Gasteiger partial charge on any atom is -0.369 e. The highest BCUT2D eigenvalue weighted by Crippen LogP contribution is 2.13. The van der Waals surface area contributed by atoms with Crippen LogP contribution in [0.1, 0.15) is 23.9 Å². The summed E-state index contributed by atoms with van der Waals surface area (Å²) < 4.78 is 29.0. The molecule has 28 heavy (non-hydrogen) atoms. The molecule has 9 heteroatoms. The fraction of sp³-hybridized carbons (Fsp3) is 0.316. The van der Waals surface area contributed by atoms with Crippen LogP contribution >= 0.6 is 0 Å². The molecule has 2 aromatic heterocycles. The molecular formula is C19H24N6O2S. The van der Waals surface area contributed by atoms with E-state index in [9.17, 15) is 8.42 Å². The maximum absolute atomic E-state index is 12.3. The zero-order chi connectivity index (χ0) is 20.1. The third-order valence-electron chi connectivity index (χ3n) is 4.24. The fourth-order valence-electron chi connectivity index (χ4n) is 2.78. The second-order valence-electron chi connectivity index (χ2n) is 6.42. The highest BCUT2D eigenvalue weighted by atomic mass is 32.2. The van der Waals surface area contributed by atoms with Gasteiger partial charge in [0, 0.05) is 24.8 Å². The molecule has 2 N–H and O–H groups in total. The van der Waals surface area contributed by atoms with E-state index in [1.807, 2.05) is 39.0 Å². The van der Waals surface area contributed by atoms with Gasteiger partial charge in [-0.1, -0.05) is 19.1 Å². The molecule has 0 saturated carbocycles. The minimum absolute atomic E-state index is 0.233. The predicted molar refractivity (Wildman–Crippen MR) is 108 cm³/mol. The lowest BCUT2D eigenvalue weighted by Gasteiger charge is -2.10. The quantitative estimate of drug-likeness (QED) is 0.562. The molecule has 148 valence electrons. The van der Waals surface area contributed by atoms with Crippen molar-refractivity contribution in [2.45, 2.75) is 32.1 Å². The van der Waals surface area contributed by atoms with Crippen molar-refractivity contribution in [3.63, 3.8) is 0 Å². The minimum atomic E-state index is -3.53. The molecule has 0 atom stereocenters. The number of hydrogen-bond donors (Lipinski definition) is 2. The Hall–Kier alpha value is -2.78. The van der Waals surface area contributed by atoms with E-state index in [-0.39, 0.29) is 11.4 Å². The molecule has 0 fully saturated rings. The maximum atomic E-state index is 12.3. The molecule has 2 heterocycles. The molecular weight excluding hydrogens is 376 g/mol. The summed E-state index contributed by atoms with van der Waals surface area (Å²) in [4.78, 5) is 8.68. The topological polar surface area (TPSA) is 102 Å². The smallest absolute Gasteiger partial charge is 0.240 e. The first kappa shape index (κ1) is 20.0. The summed E-state index contributed by atoms with van der Waals surface area (Å²) in [6, 6.07) is 10.6. The van der Waals surface area contributed by atoms with Gasteiger partial charge in [-0.15, -0.1) is 0 Å². The number of nitrogens with zero attached hydrogens (tertiary/aromatic N) is 4. The second kappa shape index (κ2) is 8.49. The Morgan fingerprint density at radius 3 is 2.43 bits per heavy atom. The summed E-state index contributed by atoms with van der Waals surface area (Å²) in [5, 5.41) is 7.51. The summed E-state index contributed by atoms with van der Waals surface area (Å²) in [5.41, 5.74) is 2.98. The van der Waals surface area contributed by atoms with Gasteiger partial charge in [-0.05, 0) is 44.0 Å². The maximum Gasteiger partial charge on any atom is 0.240 e. The van der Waals surface area contributed by atoms with Gasteiger partial charge in [0.05, 0.1) is 10.6 Å². The Kier molecular flexibility index (Phi) is 6.05. The molecule has 0 saturated heterocycles. The molecule has 3 aromatic rings. The average molecular weight is 401 g/mol. The van der Waals surface area contributed by atoms with E-state index in [0.717, 1.165) is 23.4 Å². The number of anilines is 1. The van der Waals surface area contributed by atoms with E-state index in [0.29, 0.717) is 18.2 Å². The van der Waals surface area contributed by atoms with Gasteiger partial charge in [0.15, 0.2) is 5.82 Å². The SMILES string of the molecule is CCc1ccc(S(=O)(=O)NCCNc2cc(-n3nc(C)cc3C)ncn2)cc1. The summed E-state index contributed by atoms with van der Waals surface area (Å²) in [7, 11) is -3.53. The van der Waals surface area contributed by atoms with Crippen LogP contribution in [0.3, 0.4) is 0 Å². The van der Waals surface area contributed by atoms with Crippen molar-refractivity contribution in [2.75, 3.05) is 18.4 Å². The van der Waals surface area contributed by atoms with E-state index < -0.39 is 10.0 Å². The first-order chi connectivity index (χ1) is 13.4. The zero-order valence-corrected chi connectivity index (χ0v) is 17.0. The lowest BCUT2D eigenvalue weighted by molar-refractivity contribution is 0.583. The molecule has 0 aliphatic heterocycles. The first-order valence-electron chi connectivity index (χ1n) is 9.07. The van der Waals surface area contributed by atoms with Crippen LogP contribution in [0.2, 0.25) is 0 Å². The van der Waals surface area contributed by atoms with Gasteiger partial charge in [0.1, 0.15) is 12.1 Å². The Labute approximate surface area is 165 Å². The van der Waals surface area contributed by atoms with Crippen molar-refractivity contribution in [3.05, 3.63) is 59.7 Å². The fourth-order valence-corrected chi connectivity index (χ4v) is 3.82. The van der Waals surface area contributed by atoms with Gasteiger partial charge in [-0.2, -0.15) is 5.10 Å². The molecule has 0 amide bonds. The first-order valence-corrected chi connectivity index (χ1v) is 10.6. The molecule has 3 rings (SSSR count). The van der Waals surface area contributed by atoms with Crippen molar-refractivity contribution >= 4 is 15.8 Å². The molecule has 1 aromatic carbocycles. The van der Waals surface area contributed by atoms with Crippen molar-refractivity contribution in [2.24, 2.45) is 0 Å². The van der Waals surface area contributed by atoms with Gasteiger partial charge < -0.3 is 5.32 Å². The normalized spacial score (nSPS) is 11.5. The average Bonchev–Trinajstić information content (AvgIpc) is 3.03. The van der Waals surface area contributed by atoms with Gasteiger partial charge in [0.2, 0.25) is 10.0 Å². The van der Waals surface area contributed by atoms with E-state index in [1.165, 1.54) is 6.33 Å². The highest BCUT2D eigenvalue weighted by molar-refractivity contribution is 7.89. The molecule has 0 radical (unpaired) electrons. The van der Waals surface area contributed by atoms with Crippen LogP contribution in [0.5, 0.6) is 0 Å². The Morgan fingerprint density at radius 1 is 1.04 bits per heavy atom. The second-order valence-corrected chi connectivity index (χ2v) is 8.19. The van der Waals surface area contributed by atoms with Gasteiger partial charge in [-0.3, -0.25) is 0 Å². The number of sulfonamides is 1. The van der Waals surface area contributed by atoms with Crippen molar-refractivity contribution in [1.29, 1.82) is 0 Å². The van der Waals surface area contributed by atoms with Gasteiger partial charge in [0.25, 0.3) is 0 Å². The standard InChI is InChI=1S/C19H24N6O2S/c1-4-16-5-7-17(8-6-16)28(26,27)23-10-9-20-18-12-19(22-13-21-18)25-15(3)11-14(2)24-25/h5-8,11-13,23H,4,9-10H2,1-3H3,(H,20,21,22). The van der Waals surface area contributed by atoms with Crippen LogP contribution in [0.15, 0.2) is 47.6 Å². The highest BCUT2D eigenvalue weighted by Gasteiger charge is 2.13. The molecule has 0 bridgehead atoms. The van der Waals surface area contributed by atoms with Crippen LogP contribution in [0, 0.1) is 13.8 Å². The Morgan fingerprint density at radius 2 is 1.79 bits per heavy atom. The van der Waals surface area contributed by atoms with Crippen LogP contribution in [-0.4, -0.2) is 41.3 Å². The van der Waals surface area contributed by atoms with Crippen LogP contribution in [-0.2, 0) is 16.4 Å². The van der Waals surface area contributed by atoms with Crippen molar-refractivity contribution in [3.8, 4) is 5.82 Å². The monoisotopic (exact) mass is 400 g/mol. The summed E-state index contributed by atoms with van der Waals surface area (Å²) >= 11 is 0. The van der Waals surface area contributed by atoms with E-state index >= 15 is 0 Å². The number of aromatic nitrogens is 4. The van der Waals surface area contributed by atoms with E-state index in [4.69, 9.17) is 0 Å². The zero-order valence-electron chi connectivity index (χ0n) is 16.2. The lowest BCUT2D eigenvalue weighted by atomic mass is 10.2. The van der Waals surface area contributed by atoms with Crippen molar-refractivity contribution < 1.29 is 8.42 Å². The van der Waals surface area contributed by atoms with E-state index in [2.05, 4.69) is 25.1 Å². The Bertz CT molecular complexity index is 1040. The molecule has 0 spiro atoms.